The lowest BCUT2D eigenvalue weighted by Crippen LogP contribution is -2.22. The van der Waals surface area contributed by atoms with E-state index in [9.17, 15) is 14.4 Å². The zero-order valence-electron chi connectivity index (χ0n) is 16.9. The minimum atomic E-state index is -0.522. The van der Waals surface area contributed by atoms with Crippen LogP contribution in [0.5, 0.6) is 5.75 Å². The van der Waals surface area contributed by atoms with E-state index in [-0.39, 0.29) is 23.7 Å². The van der Waals surface area contributed by atoms with Crippen LogP contribution >= 0.6 is 0 Å². The van der Waals surface area contributed by atoms with Crippen LogP contribution < -0.4 is 10.1 Å². The van der Waals surface area contributed by atoms with Crippen LogP contribution in [0, 0.1) is 0 Å². The summed E-state index contributed by atoms with van der Waals surface area (Å²) in [5.74, 6) is 0.136. The average Bonchev–Trinajstić information content (AvgIpc) is 3.27. The Morgan fingerprint density at radius 3 is 2.33 bits per heavy atom. The van der Waals surface area contributed by atoms with E-state index in [2.05, 4.69) is 5.32 Å². The lowest BCUT2D eigenvalue weighted by atomic mass is 10.1. The van der Waals surface area contributed by atoms with E-state index in [1.807, 2.05) is 0 Å². The van der Waals surface area contributed by atoms with Gasteiger partial charge >= 0.3 is 5.97 Å². The van der Waals surface area contributed by atoms with Crippen molar-refractivity contribution in [1.82, 2.24) is 5.32 Å². The highest BCUT2D eigenvalue weighted by Crippen LogP contribution is 2.23. The predicted molar refractivity (Wildman–Crippen MR) is 110 cm³/mol. The first-order valence-corrected chi connectivity index (χ1v) is 9.17. The monoisotopic (exact) mass is 407 g/mol. The summed E-state index contributed by atoms with van der Waals surface area (Å²) in [4.78, 5) is 35.7. The molecule has 0 saturated heterocycles. The van der Waals surface area contributed by atoms with Gasteiger partial charge in [0.2, 0.25) is 0 Å². The molecule has 0 aliphatic carbocycles. The van der Waals surface area contributed by atoms with Gasteiger partial charge in [-0.3, -0.25) is 9.59 Å². The summed E-state index contributed by atoms with van der Waals surface area (Å²) in [6.07, 6.45) is 0. The number of amides is 1. The molecule has 3 rings (SSSR count). The zero-order valence-corrected chi connectivity index (χ0v) is 16.9. The molecule has 154 valence electrons. The van der Waals surface area contributed by atoms with Crippen LogP contribution in [0.4, 0.5) is 0 Å². The summed E-state index contributed by atoms with van der Waals surface area (Å²) in [5, 5.41) is 2.76. The van der Waals surface area contributed by atoms with Gasteiger partial charge < -0.3 is 19.2 Å². The summed E-state index contributed by atoms with van der Waals surface area (Å²) in [5.41, 5.74) is 2.35. The number of esters is 1. The Hall–Kier alpha value is -3.87. The first kappa shape index (κ1) is 20.9. The lowest BCUT2D eigenvalue weighted by Gasteiger charge is -2.09. The fourth-order valence-electron chi connectivity index (χ4n) is 2.89. The average molecular weight is 407 g/mol. The highest BCUT2D eigenvalue weighted by molar-refractivity contribution is 5.95. The number of Topliss-reactive ketones (excluding diaryl/α,β-unsaturated/α-hetero) is 1. The van der Waals surface area contributed by atoms with Crippen LogP contribution in [-0.4, -0.2) is 31.9 Å². The molecule has 30 heavy (non-hydrogen) atoms. The summed E-state index contributed by atoms with van der Waals surface area (Å²) in [6.45, 7) is 1.69. The maximum Gasteiger partial charge on any atom is 0.341 e. The molecule has 2 aromatic carbocycles. The third kappa shape index (κ3) is 4.57. The van der Waals surface area contributed by atoms with Gasteiger partial charge in [-0.2, -0.15) is 0 Å². The van der Waals surface area contributed by atoms with Gasteiger partial charge in [-0.05, 0) is 36.8 Å². The van der Waals surface area contributed by atoms with Crippen LogP contribution in [0.1, 0.15) is 43.8 Å². The van der Waals surface area contributed by atoms with Gasteiger partial charge in [0.25, 0.3) is 5.91 Å². The smallest absolute Gasteiger partial charge is 0.341 e. The van der Waals surface area contributed by atoms with Crippen molar-refractivity contribution in [2.45, 2.75) is 13.5 Å². The Kier molecular flexibility index (Phi) is 6.32. The summed E-state index contributed by atoms with van der Waals surface area (Å²) in [7, 11) is 2.75. The molecule has 0 aliphatic rings. The third-order valence-electron chi connectivity index (χ3n) is 4.53. The molecule has 0 radical (unpaired) electrons. The van der Waals surface area contributed by atoms with Gasteiger partial charge in [-0.15, -0.1) is 0 Å². The molecular weight excluding hydrogens is 386 g/mol. The maximum atomic E-state index is 12.4. The number of nitrogens with one attached hydrogen (secondary N) is 1. The molecule has 0 spiro atoms. The second-order valence-corrected chi connectivity index (χ2v) is 6.51. The molecule has 1 amide bonds. The molecule has 1 heterocycles. The van der Waals surface area contributed by atoms with Crippen molar-refractivity contribution in [3.8, 4) is 17.1 Å². The van der Waals surface area contributed by atoms with Gasteiger partial charge in [0.05, 0.1) is 14.2 Å². The number of furan rings is 1. The van der Waals surface area contributed by atoms with Crippen LogP contribution in [0.25, 0.3) is 11.3 Å². The van der Waals surface area contributed by atoms with Crippen LogP contribution in [0.3, 0.4) is 0 Å². The topological polar surface area (TPSA) is 94.8 Å². The zero-order chi connectivity index (χ0) is 21.7. The van der Waals surface area contributed by atoms with Crippen LogP contribution in [0.15, 0.2) is 59.0 Å². The van der Waals surface area contributed by atoms with E-state index in [0.29, 0.717) is 22.6 Å². The Labute approximate surface area is 173 Å². The summed E-state index contributed by atoms with van der Waals surface area (Å²) in [6, 6.07) is 15.2. The van der Waals surface area contributed by atoms with Crippen molar-refractivity contribution in [3.63, 3.8) is 0 Å². The number of hydrogen-bond acceptors (Lipinski definition) is 6. The minimum absolute atomic E-state index is 0.0186. The SMILES string of the molecule is COC(=O)c1cc(CNC(=O)c2ccc(-c3ccc(C(C)=O)cc3)o2)ccc1OC. The number of rotatable bonds is 7. The molecule has 3 aromatic rings. The van der Waals surface area contributed by atoms with E-state index in [0.717, 1.165) is 5.56 Å². The Morgan fingerprint density at radius 1 is 0.967 bits per heavy atom. The third-order valence-corrected chi connectivity index (χ3v) is 4.53. The van der Waals surface area contributed by atoms with Crippen molar-refractivity contribution in [2.24, 2.45) is 0 Å². The predicted octanol–water partition coefficient (Wildman–Crippen LogP) is 3.87. The van der Waals surface area contributed by atoms with E-state index in [1.165, 1.54) is 21.1 Å². The second-order valence-electron chi connectivity index (χ2n) is 6.51. The van der Waals surface area contributed by atoms with E-state index < -0.39 is 11.9 Å². The number of carbonyl (C=O) groups is 3. The summed E-state index contributed by atoms with van der Waals surface area (Å²) < 4.78 is 15.6. The Bertz CT molecular complexity index is 1080. The largest absolute Gasteiger partial charge is 0.496 e. The van der Waals surface area contributed by atoms with Crippen molar-refractivity contribution in [3.05, 3.63) is 77.0 Å². The van der Waals surface area contributed by atoms with Gasteiger partial charge in [0.1, 0.15) is 17.1 Å². The quantitative estimate of drug-likeness (QED) is 0.472. The van der Waals surface area contributed by atoms with Gasteiger partial charge in [0.15, 0.2) is 11.5 Å². The molecular formula is C23H21NO6. The van der Waals surface area contributed by atoms with Crippen molar-refractivity contribution in [2.75, 3.05) is 14.2 Å². The molecule has 0 fully saturated rings. The van der Waals surface area contributed by atoms with Gasteiger partial charge in [-0.25, -0.2) is 4.79 Å². The fraction of sp³-hybridized carbons (Fsp3) is 0.174. The first-order valence-electron chi connectivity index (χ1n) is 9.17. The molecule has 7 heteroatoms. The molecule has 1 N–H and O–H groups in total. The number of ketones is 1. The first-order chi connectivity index (χ1) is 14.4. The molecule has 0 unspecified atom stereocenters. The Balaban J connectivity index is 1.69. The molecule has 7 nitrogen and oxygen atoms in total. The fourth-order valence-corrected chi connectivity index (χ4v) is 2.89. The van der Waals surface area contributed by atoms with Crippen molar-refractivity contribution < 1.29 is 28.3 Å². The number of ether oxygens (including phenoxy) is 2. The van der Waals surface area contributed by atoms with Crippen LogP contribution in [0.2, 0.25) is 0 Å². The van der Waals surface area contributed by atoms with Crippen molar-refractivity contribution in [1.29, 1.82) is 0 Å². The molecule has 0 aliphatic heterocycles. The second kappa shape index (κ2) is 9.09. The van der Waals surface area contributed by atoms with Gasteiger partial charge in [-0.1, -0.05) is 30.3 Å². The van der Waals surface area contributed by atoms with E-state index >= 15 is 0 Å². The number of benzene rings is 2. The van der Waals surface area contributed by atoms with Gasteiger partial charge in [0, 0.05) is 17.7 Å². The van der Waals surface area contributed by atoms with E-state index in [1.54, 1.807) is 54.6 Å². The highest BCUT2D eigenvalue weighted by Gasteiger charge is 2.15. The number of hydrogen-bond donors (Lipinski definition) is 1. The molecule has 0 bridgehead atoms. The maximum absolute atomic E-state index is 12.4. The van der Waals surface area contributed by atoms with Crippen LogP contribution in [-0.2, 0) is 11.3 Å². The highest BCUT2D eigenvalue weighted by atomic mass is 16.5. The van der Waals surface area contributed by atoms with Crippen molar-refractivity contribution >= 4 is 17.7 Å². The number of carbonyl (C=O) groups excluding carboxylic acids is 3. The number of methoxy groups -OCH3 is 2. The normalized spacial score (nSPS) is 10.4. The van der Waals surface area contributed by atoms with E-state index in [4.69, 9.17) is 13.9 Å². The summed E-state index contributed by atoms with van der Waals surface area (Å²) >= 11 is 0. The molecule has 0 atom stereocenters. The standard InChI is InChI=1S/C23H21NO6/c1-14(25)16-5-7-17(8-6-16)19-10-11-21(30-19)22(26)24-13-15-4-9-20(28-2)18(12-15)23(27)29-3/h4-12H,13H2,1-3H3,(H,24,26). The molecule has 0 saturated carbocycles. The Morgan fingerprint density at radius 2 is 1.70 bits per heavy atom. The molecule has 1 aromatic heterocycles. The lowest BCUT2D eigenvalue weighted by molar-refractivity contribution is 0.0596. The minimum Gasteiger partial charge on any atom is -0.496 e.